The number of aliphatic hydroxyl groups is 3. The molecule has 5 atom stereocenters. The lowest BCUT2D eigenvalue weighted by molar-refractivity contribution is -0.275. The number of benzene rings is 1. The second kappa shape index (κ2) is 8.11. The van der Waals surface area contributed by atoms with Crippen molar-refractivity contribution in [1.82, 2.24) is 5.32 Å². The number of aliphatic hydroxyl groups excluding tert-OH is 3. The highest BCUT2D eigenvalue weighted by Gasteiger charge is 2.49. The first-order valence-electron chi connectivity index (χ1n) is 7.39. The summed E-state index contributed by atoms with van der Waals surface area (Å²) in [5, 5.41) is 30.5. The molecular formula is C15H18F3NO6. The minimum atomic E-state index is -5.18. The summed E-state index contributed by atoms with van der Waals surface area (Å²) in [5.74, 6) is -2.30. The third-order valence-corrected chi connectivity index (χ3v) is 3.69. The Hall–Kier alpha value is -1.72. The van der Waals surface area contributed by atoms with E-state index in [1.54, 1.807) is 35.6 Å². The van der Waals surface area contributed by atoms with E-state index in [0.717, 1.165) is 0 Å². The van der Waals surface area contributed by atoms with Crippen LogP contribution in [0.15, 0.2) is 30.3 Å². The lowest BCUT2D eigenvalue weighted by Crippen LogP contribution is -2.65. The molecule has 2 rings (SSSR count). The standard InChI is InChI=1S/C15H18F3NO6/c16-15(17,18)14(23)19-10-12(22)11(21)9(6-20)25-13(10)24-7-8-4-2-1-3-5-8/h1-5,9-13,20-22H,6-7H2,(H,19,23)/t9-,10-,11+,12+,13-/m1/s1. The number of carbonyl (C=O) groups excluding carboxylic acids is 1. The molecule has 0 saturated carbocycles. The van der Waals surface area contributed by atoms with Gasteiger partial charge in [0.2, 0.25) is 0 Å². The number of hydrogen-bond donors (Lipinski definition) is 4. The largest absolute Gasteiger partial charge is 0.471 e. The van der Waals surface area contributed by atoms with Gasteiger partial charge in [-0.15, -0.1) is 0 Å². The fraction of sp³-hybridized carbons (Fsp3) is 0.533. The predicted molar refractivity (Wildman–Crippen MR) is 77.0 cm³/mol. The Labute approximate surface area is 141 Å². The minimum absolute atomic E-state index is 0.0785. The summed E-state index contributed by atoms with van der Waals surface area (Å²) in [6.45, 7) is -0.770. The summed E-state index contributed by atoms with van der Waals surface area (Å²) in [6, 6.07) is 6.92. The smallest absolute Gasteiger partial charge is 0.394 e. The van der Waals surface area contributed by atoms with E-state index in [4.69, 9.17) is 14.6 Å². The first-order valence-corrected chi connectivity index (χ1v) is 7.39. The second-order valence-electron chi connectivity index (χ2n) is 5.50. The van der Waals surface area contributed by atoms with Crippen molar-refractivity contribution in [3.63, 3.8) is 0 Å². The van der Waals surface area contributed by atoms with Gasteiger partial charge in [0.25, 0.3) is 0 Å². The molecule has 25 heavy (non-hydrogen) atoms. The Morgan fingerprint density at radius 3 is 2.40 bits per heavy atom. The number of rotatable bonds is 5. The molecule has 1 aromatic rings. The van der Waals surface area contributed by atoms with Crippen LogP contribution in [0.2, 0.25) is 0 Å². The molecule has 0 radical (unpaired) electrons. The highest BCUT2D eigenvalue weighted by atomic mass is 19.4. The summed E-state index contributed by atoms with van der Waals surface area (Å²) in [4.78, 5) is 11.2. The van der Waals surface area contributed by atoms with E-state index in [0.29, 0.717) is 5.56 Å². The van der Waals surface area contributed by atoms with Crippen LogP contribution >= 0.6 is 0 Å². The Balaban J connectivity index is 2.13. The summed E-state index contributed by atoms with van der Waals surface area (Å²) in [7, 11) is 0. The van der Waals surface area contributed by atoms with Gasteiger partial charge in [0.05, 0.1) is 13.2 Å². The normalized spacial score (nSPS) is 30.1. The number of ether oxygens (including phenoxy) is 2. The van der Waals surface area contributed by atoms with Crippen LogP contribution in [0.1, 0.15) is 5.56 Å². The molecule has 1 heterocycles. The van der Waals surface area contributed by atoms with Crippen molar-refractivity contribution in [2.75, 3.05) is 6.61 Å². The lowest BCUT2D eigenvalue weighted by atomic mass is 9.97. The van der Waals surface area contributed by atoms with Crippen molar-refractivity contribution in [3.05, 3.63) is 35.9 Å². The zero-order chi connectivity index (χ0) is 18.6. The molecule has 1 fully saturated rings. The van der Waals surface area contributed by atoms with E-state index in [1.807, 2.05) is 0 Å². The summed E-state index contributed by atoms with van der Waals surface area (Å²) < 4.78 is 48.0. The molecule has 0 bridgehead atoms. The number of nitrogens with one attached hydrogen (secondary N) is 1. The van der Waals surface area contributed by atoms with Crippen LogP contribution in [0.3, 0.4) is 0 Å². The van der Waals surface area contributed by atoms with E-state index in [1.165, 1.54) is 0 Å². The molecule has 1 amide bonds. The number of carbonyl (C=O) groups is 1. The average Bonchev–Trinajstić information content (AvgIpc) is 2.58. The lowest BCUT2D eigenvalue weighted by Gasteiger charge is -2.42. The van der Waals surface area contributed by atoms with Gasteiger partial charge in [-0.2, -0.15) is 13.2 Å². The van der Waals surface area contributed by atoms with Crippen molar-refractivity contribution in [1.29, 1.82) is 0 Å². The molecule has 1 aromatic carbocycles. The molecule has 0 aromatic heterocycles. The number of hydrogen-bond acceptors (Lipinski definition) is 6. The first-order chi connectivity index (χ1) is 11.7. The molecular weight excluding hydrogens is 347 g/mol. The van der Waals surface area contributed by atoms with Gasteiger partial charge in [0, 0.05) is 0 Å². The average molecular weight is 365 g/mol. The van der Waals surface area contributed by atoms with Crippen molar-refractivity contribution in [2.24, 2.45) is 0 Å². The molecule has 1 saturated heterocycles. The molecule has 4 N–H and O–H groups in total. The monoisotopic (exact) mass is 365 g/mol. The minimum Gasteiger partial charge on any atom is -0.394 e. The SMILES string of the molecule is O=C(N[C@H]1[C@H](OCc2ccccc2)O[C@H](CO)[C@H](O)[C@H]1O)C(F)(F)F. The van der Waals surface area contributed by atoms with Crippen LogP contribution in [-0.4, -0.2) is 64.7 Å². The van der Waals surface area contributed by atoms with Gasteiger partial charge >= 0.3 is 12.1 Å². The van der Waals surface area contributed by atoms with Gasteiger partial charge in [0.15, 0.2) is 6.29 Å². The number of alkyl halides is 3. The Kier molecular flexibility index (Phi) is 6.36. The Bertz CT molecular complexity index is 570. The van der Waals surface area contributed by atoms with Gasteiger partial charge in [-0.1, -0.05) is 30.3 Å². The summed E-state index contributed by atoms with van der Waals surface area (Å²) in [5.41, 5.74) is 0.674. The molecule has 1 aliphatic rings. The van der Waals surface area contributed by atoms with Crippen molar-refractivity contribution < 1.29 is 42.8 Å². The van der Waals surface area contributed by atoms with Crippen LogP contribution in [0, 0.1) is 0 Å². The first kappa shape index (κ1) is 19.6. The third kappa shape index (κ3) is 4.89. The predicted octanol–water partition coefficient (Wildman–Crippen LogP) is -0.311. The third-order valence-electron chi connectivity index (χ3n) is 3.69. The molecule has 0 spiro atoms. The second-order valence-corrected chi connectivity index (χ2v) is 5.50. The fourth-order valence-electron chi connectivity index (χ4n) is 2.36. The van der Waals surface area contributed by atoms with Crippen LogP contribution in [0.25, 0.3) is 0 Å². The maximum absolute atomic E-state index is 12.5. The molecule has 0 unspecified atom stereocenters. The van der Waals surface area contributed by atoms with Crippen molar-refractivity contribution >= 4 is 5.91 Å². The van der Waals surface area contributed by atoms with Crippen LogP contribution in [-0.2, 0) is 20.9 Å². The summed E-state index contributed by atoms with van der Waals surface area (Å²) in [6.07, 6.45) is -11.5. The van der Waals surface area contributed by atoms with E-state index in [-0.39, 0.29) is 6.61 Å². The van der Waals surface area contributed by atoms with Crippen molar-refractivity contribution in [2.45, 2.75) is 43.4 Å². The molecule has 10 heteroatoms. The Morgan fingerprint density at radius 2 is 1.84 bits per heavy atom. The molecule has 1 aliphatic heterocycles. The van der Waals surface area contributed by atoms with E-state index < -0.39 is 49.3 Å². The van der Waals surface area contributed by atoms with Crippen LogP contribution < -0.4 is 5.32 Å². The van der Waals surface area contributed by atoms with Gasteiger partial charge in [-0.3, -0.25) is 4.79 Å². The number of halogens is 3. The van der Waals surface area contributed by atoms with E-state index >= 15 is 0 Å². The Morgan fingerprint density at radius 1 is 1.20 bits per heavy atom. The quantitative estimate of drug-likeness (QED) is 0.570. The summed E-state index contributed by atoms with van der Waals surface area (Å²) >= 11 is 0. The van der Waals surface area contributed by atoms with E-state index in [9.17, 15) is 28.2 Å². The molecule has 140 valence electrons. The molecule has 0 aliphatic carbocycles. The fourth-order valence-corrected chi connectivity index (χ4v) is 2.36. The van der Waals surface area contributed by atoms with Crippen LogP contribution in [0.5, 0.6) is 0 Å². The number of amides is 1. The topological polar surface area (TPSA) is 108 Å². The highest BCUT2D eigenvalue weighted by Crippen LogP contribution is 2.24. The van der Waals surface area contributed by atoms with Crippen molar-refractivity contribution in [3.8, 4) is 0 Å². The van der Waals surface area contributed by atoms with Gasteiger partial charge in [0.1, 0.15) is 24.4 Å². The van der Waals surface area contributed by atoms with Gasteiger partial charge in [-0.05, 0) is 5.56 Å². The maximum Gasteiger partial charge on any atom is 0.471 e. The van der Waals surface area contributed by atoms with Gasteiger partial charge < -0.3 is 30.1 Å². The zero-order valence-corrected chi connectivity index (χ0v) is 12.9. The zero-order valence-electron chi connectivity index (χ0n) is 12.9. The highest BCUT2D eigenvalue weighted by molar-refractivity contribution is 5.82. The van der Waals surface area contributed by atoms with Gasteiger partial charge in [-0.25, -0.2) is 0 Å². The van der Waals surface area contributed by atoms with Crippen LogP contribution in [0.4, 0.5) is 13.2 Å². The maximum atomic E-state index is 12.5. The molecule has 7 nitrogen and oxygen atoms in total. The van der Waals surface area contributed by atoms with E-state index in [2.05, 4.69) is 0 Å².